The Labute approximate surface area is 156 Å². The molecule has 2 heterocycles. The number of amides is 1. The number of para-hydroxylation sites is 1. The molecule has 2 aromatic rings. The summed E-state index contributed by atoms with van der Waals surface area (Å²) < 4.78 is 0. The Kier molecular flexibility index (Phi) is 5.03. The van der Waals surface area contributed by atoms with Crippen molar-refractivity contribution in [2.45, 2.75) is 52.0 Å². The molecule has 4 nitrogen and oxygen atoms in total. The molecule has 1 unspecified atom stereocenters. The number of aromatic amines is 1. The monoisotopic (exact) mass is 353 g/mol. The SMILES string of the molecule is CC(=O)N1CCN(C(c2c(C)[nH]c3ccccc23)C2CCCCC2)CC1. The summed E-state index contributed by atoms with van der Waals surface area (Å²) in [5.41, 5.74) is 4.07. The van der Waals surface area contributed by atoms with Gasteiger partial charge in [-0.15, -0.1) is 0 Å². The van der Waals surface area contributed by atoms with Gasteiger partial charge in [0.1, 0.15) is 0 Å². The molecule has 1 saturated heterocycles. The maximum absolute atomic E-state index is 11.7. The molecule has 140 valence electrons. The van der Waals surface area contributed by atoms with E-state index in [9.17, 15) is 4.79 Å². The van der Waals surface area contributed by atoms with Crippen LogP contribution >= 0.6 is 0 Å². The van der Waals surface area contributed by atoms with Crippen LogP contribution in [0.15, 0.2) is 24.3 Å². The molecule has 1 saturated carbocycles. The summed E-state index contributed by atoms with van der Waals surface area (Å²) in [5, 5.41) is 1.38. The number of fused-ring (bicyclic) bond motifs is 1. The third-order valence-electron chi connectivity index (χ3n) is 6.49. The lowest BCUT2D eigenvalue weighted by Crippen LogP contribution is -2.50. The number of aromatic nitrogens is 1. The highest BCUT2D eigenvalue weighted by molar-refractivity contribution is 5.85. The Balaban J connectivity index is 1.69. The smallest absolute Gasteiger partial charge is 0.219 e. The number of rotatable bonds is 3. The molecule has 1 N–H and O–H groups in total. The van der Waals surface area contributed by atoms with Crippen molar-refractivity contribution < 1.29 is 4.79 Å². The van der Waals surface area contributed by atoms with Gasteiger partial charge < -0.3 is 9.88 Å². The van der Waals surface area contributed by atoms with E-state index in [2.05, 4.69) is 41.1 Å². The first kappa shape index (κ1) is 17.6. The Morgan fingerprint density at radius 1 is 1.08 bits per heavy atom. The molecule has 1 atom stereocenters. The van der Waals surface area contributed by atoms with Gasteiger partial charge in [0.2, 0.25) is 5.91 Å². The molecule has 1 amide bonds. The van der Waals surface area contributed by atoms with Crippen LogP contribution in [0.2, 0.25) is 0 Å². The van der Waals surface area contributed by atoms with Crippen LogP contribution in [0.5, 0.6) is 0 Å². The van der Waals surface area contributed by atoms with Crippen LogP contribution in [0.4, 0.5) is 0 Å². The molecular weight excluding hydrogens is 322 g/mol. The zero-order valence-corrected chi connectivity index (χ0v) is 16.1. The van der Waals surface area contributed by atoms with Gasteiger partial charge >= 0.3 is 0 Å². The first-order valence-electron chi connectivity index (χ1n) is 10.2. The molecule has 4 rings (SSSR count). The van der Waals surface area contributed by atoms with Gasteiger partial charge in [-0.25, -0.2) is 0 Å². The second-order valence-corrected chi connectivity index (χ2v) is 8.09. The van der Waals surface area contributed by atoms with E-state index in [0.717, 1.165) is 32.1 Å². The predicted octanol–water partition coefficient (Wildman–Crippen LogP) is 4.26. The van der Waals surface area contributed by atoms with Gasteiger partial charge in [-0.2, -0.15) is 0 Å². The molecular formula is C22H31N3O. The summed E-state index contributed by atoms with van der Waals surface area (Å²) in [5.74, 6) is 0.938. The topological polar surface area (TPSA) is 39.3 Å². The van der Waals surface area contributed by atoms with E-state index >= 15 is 0 Å². The van der Waals surface area contributed by atoms with Crippen LogP contribution in [0.3, 0.4) is 0 Å². The van der Waals surface area contributed by atoms with E-state index in [0.29, 0.717) is 6.04 Å². The van der Waals surface area contributed by atoms with E-state index in [1.165, 1.54) is 54.3 Å². The molecule has 0 spiro atoms. The quantitative estimate of drug-likeness (QED) is 0.895. The van der Waals surface area contributed by atoms with Gasteiger partial charge in [0, 0.05) is 55.7 Å². The normalized spacial score (nSPS) is 21.2. The maximum Gasteiger partial charge on any atom is 0.219 e. The zero-order valence-electron chi connectivity index (χ0n) is 16.1. The highest BCUT2D eigenvalue weighted by atomic mass is 16.2. The molecule has 0 radical (unpaired) electrons. The molecule has 1 aromatic carbocycles. The van der Waals surface area contributed by atoms with Crippen molar-refractivity contribution in [3.8, 4) is 0 Å². The van der Waals surface area contributed by atoms with Crippen molar-refractivity contribution >= 4 is 16.8 Å². The summed E-state index contributed by atoms with van der Waals surface area (Å²) in [6.45, 7) is 7.62. The van der Waals surface area contributed by atoms with Crippen molar-refractivity contribution in [3.05, 3.63) is 35.5 Å². The fraction of sp³-hybridized carbons (Fsp3) is 0.591. The molecule has 0 bridgehead atoms. The standard InChI is InChI=1S/C22H31N3O/c1-16-21(19-10-6-7-11-20(19)23-16)22(18-8-4-3-5-9-18)25-14-12-24(13-15-25)17(2)26/h6-7,10-11,18,22-23H,3-5,8-9,12-15H2,1-2H3. The van der Waals surface area contributed by atoms with Crippen LogP contribution < -0.4 is 0 Å². The third kappa shape index (κ3) is 3.27. The van der Waals surface area contributed by atoms with Gasteiger partial charge in [-0.05, 0) is 37.3 Å². The minimum absolute atomic E-state index is 0.210. The first-order chi connectivity index (χ1) is 12.6. The van der Waals surface area contributed by atoms with Crippen LogP contribution in [-0.2, 0) is 4.79 Å². The van der Waals surface area contributed by atoms with E-state index in [4.69, 9.17) is 0 Å². The van der Waals surface area contributed by atoms with Crippen LogP contribution in [0.25, 0.3) is 10.9 Å². The Bertz CT molecular complexity index is 767. The summed E-state index contributed by atoms with van der Waals surface area (Å²) >= 11 is 0. The van der Waals surface area contributed by atoms with Gasteiger partial charge in [0.15, 0.2) is 0 Å². The second kappa shape index (κ2) is 7.43. The number of benzene rings is 1. The third-order valence-corrected chi connectivity index (χ3v) is 6.49. The number of carbonyl (C=O) groups excluding carboxylic acids is 1. The molecule has 1 aliphatic heterocycles. The number of nitrogens with zero attached hydrogens (tertiary/aromatic N) is 2. The van der Waals surface area contributed by atoms with Crippen LogP contribution in [-0.4, -0.2) is 46.9 Å². The molecule has 1 aromatic heterocycles. The lowest BCUT2D eigenvalue weighted by Gasteiger charge is -2.43. The van der Waals surface area contributed by atoms with Crippen molar-refractivity contribution in [2.24, 2.45) is 5.92 Å². The Morgan fingerprint density at radius 3 is 2.46 bits per heavy atom. The average molecular weight is 354 g/mol. The highest BCUT2D eigenvalue weighted by Crippen LogP contribution is 2.42. The minimum Gasteiger partial charge on any atom is -0.358 e. The second-order valence-electron chi connectivity index (χ2n) is 8.09. The minimum atomic E-state index is 0.210. The number of piperazine rings is 1. The number of aryl methyl sites for hydroxylation is 1. The number of H-pyrrole nitrogens is 1. The van der Waals surface area contributed by atoms with Crippen molar-refractivity contribution in [1.82, 2.24) is 14.8 Å². The average Bonchev–Trinajstić information content (AvgIpc) is 2.99. The molecule has 2 fully saturated rings. The summed E-state index contributed by atoms with van der Waals surface area (Å²) in [4.78, 5) is 20.0. The number of carbonyl (C=O) groups is 1. The van der Waals surface area contributed by atoms with E-state index < -0.39 is 0 Å². The van der Waals surface area contributed by atoms with E-state index in [1.807, 2.05) is 4.90 Å². The fourth-order valence-corrected chi connectivity index (χ4v) is 5.16. The molecule has 1 aliphatic carbocycles. The van der Waals surface area contributed by atoms with Gasteiger partial charge in [-0.3, -0.25) is 9.69 Å². The van der Waals surface area contributed by atoms with Crippen molar-refractivity contribution in [2.75, 3.05) is 26.2 Å². The molecule has 4 heteroatoms. The van der Waals surface area contributed by atoms with Crippen LogP contribution in [0.1, 0.15) is 56.3 Å². The van der Waals surface area contributed by atoms with Gasteiger partial charge in [-0.1, -0.05) is 37.5 Å². The number of hydrogen-bond donors (Lipinski definition) is 1. The van der Waals surface area contributed by atoms with Crippen molar-refractivity contribution in [3.63, 3.8) is 0 Å². The Hall–Kier alpha value is -1.81. The largest absolute Gasteiger partial charge is 0.358 e. The first-order valence-corrected chi connectivity index (χ1v) is 10.2. The Morgan fingerprint density at radius 2 is 1.77 bits per heavy atom. The summed E-state index contributed by atoms with van der Waals surface area (Å²) in [7, 11) is 0. The number of hydrogen-bond acceptors (Lipinski definition) is 2. The van der Waals surface area contributed by atoms with E-state index in [-0.39, 0.29) is 5.91 Å². The number of nitrogens with one attached hydrogen (secondary N) is 1. The van der Waals surface area contributed by atoms with Crippen LogP contribution in [0, 0.1) is 12.8 Å². The van der Waals surface area contributed by atoms with Gasteiger partial charge in [0.05, 0.1) is 0 Å². The summed E-state index contributed by atoms with van der Waals surface area (Å²) in [6.07, 6.45) is 6.76. The molecule has 26 heavy (non-hydrogen) atoms. The highest BCUT2D eigenvalue weighted by Gasteiger charge is 2.34. The zero-order chi connectivity index (χ0) is 18.1. The van der Waals surface area contributed by atoms with Crippen molar-refractivity contribution in [1.29, 1.82) is 0 Å². The predicted molar refractivity (Wildman–Crippen MR) is 106 cm³/mol. The summed E-state index contributed by atoms with van der Waals surface area (Å²) in [6, 6.07) is 9.21. The lowest BCUT2D eigenvalue weighted by molar-refractivity contribution is -0.131. The van der Waals surface area contributed by atoms with Gasteiger partial charge in [0.25, 0.3) is 0 Å². The fourth-order valence-electron chi connectivity index (χ4n) is 5.16. The molecule has 2 aliphatic rings. The maximum atomic E-state index is 11.7. The lowest BCUT2D eigenvalue weighted by atomic mass is 9.79. The van der Waals surface area contributed by atoms with E-state index in [1.54, 1.807) is 6.92 Å².